The van der Waals surface area contributed by atoms with Crippen LogP contribution >= 0.6 is 0 Å². The Hall–Kier alpha value is -0.320. The fourth-order valence-electron chi connectivity index (χ4n) is 10.2. The molecule has 0 aromatic heterocycles. The summed E-state index contributed by atoms with van der Waals surface area (Å²) in [6, 6.07) is -0.576. The van der Waals surface area contributed by atoms with Gasteiger partial charge in [-0.05, 0) is 19.3 Å². The van der Waals surface area contributed by atoms with E-state index in [9.17, 15) is 14.8 Å². The van der Waals surface area contributed by atoms with Crippen molar-refractivity contribution in [1.82, 2.24) is 4.90 Å². The van der Waals surface area contributed by atoms with Gasteiger partial charge in [-0.2, -0.15) is 0 Å². The van der Waals surface area contributed by atoms with Crippen molar-refractivity contribution in [3.8, 4) is 0 Å². The number of carbonyl (C=O) groups is 1. The summed E-state index contributed by atoms with van der Waals surface area (Å²) in [5.41, 5.74) is 0. The van der Waals surface area contributed by atoms with Crippen LogP contribution in [0.25, 0.3) is 0 Å². The molecule has 69 heavy (non-hydrogen) atoms. The minimum Gasteiger partial charge on any atom is -0.465 e. The van der Waals surface area contributed by atoms with E-state index in [4.69, 9.17) is 7.80 Å². The van der Waals surface area contributed by atoms with Gasteiger partial charge in [0, 0.05) is 0 Å². The molecule has 8 heteroatoms. The van der Waals surface area contributed by atoms with Crippen LogP contribution in [0.3, 0.4) is 0 Å². The van der Waals surface area contributed by atoms with E-state index in [0.29, 0.717) is 6.61 Å². The van der Waals surface area contributed by atoms with Crippen molar-refractivity contribution in [1.29, 1.82) is 0 Å². The normalized spacial score (nSPS) is 13.6. The molecule has 0 aromatic carbocycles. The Morgan fingerprint density at radius 2 is 0.768 bits per heavy atom. The van der Waals surface area contributed by atoms with Crippen LogP contribution in [0.5, 0.6) is 0 Å². The molecule has 0 radical (unpaired) electrons. The number of carbonyl (C=O) groups excluding carboxylic acids is 1. The van der Waals surface area contributed by atoms with Crippen LogP contribution in [0.15, 0.2) is 5.18 Å². The standard InChI is InChI=1S/C61H122IN2O5/c1-6-11-16-21-24-25-26-27-28-29-30-33-42-51-59(63-67)60(56-65)64(53-44-35-37-46-55-69-62-58(49-40-20-15-10-5)50-41-32-23-18-13-8-3)52-43-34-36-45-54-68-61(66)57(47-38-19-14-9-4)48-39-31-22-17-12-7-2/h57-60,65H,6-56H2,1-5H3/q-1. The summed E-state index contributed by atoms with van der Waals surface area (Å²) < 4.78 is 13.2. The fraction of sp³-hybridized carbons (Fsp3) is 0.984. The third-order valence-corrected chi connectivity index (χ3v) is 17.7. The number of hydrogen-bond acceptors (Lipinski definition) is 7. The van der Waals surface area contributed by atoms with Crippen LogP contribution in [-0.4, -0.2) is 64.9 Å². The zero-order valence-electron chi connectivity index (χ0n) is 47.2. The van der Waals surface area contributed by atoms with Crippen LogP contribution in [-0.2, 0) is 12.6 Å². The first-order chi connectivity index (χ1) is 34.0. The summed E-state index contributed by atoms with van der Waals surface area (Å²) in [5, 5.41) is 14.5. The predicted molar refractivity (Wildman–Crippen MR) is 297 cm³/mol. The Morgan fingerprint density at radius 3 is 1.17 bits per heavy atom. The fourth-order valence-corrected chi connectivity index (χ4v) is 12.6. The summed E-state index contributed by atoms with van der Waals surface area (Å²) in [6.07, 6.45) is 57.0. The number of aliphatic hydroxyl groups is 1. The van der Waals surface area contributed by atoms with Crippen molar-refractivity contribution in [3.63, 3.8) is 0 Å². The predicted octanol–water partition coefficient (Wildman–Crippen LogP) is 16.4. The van der Waals surface area contributed by atoms with Crippen LogP contribution in [0.1, 0.15) is 330 Å². The molecule has 0 heterocycles. The second kappa shape index (κ2) is 57.0. The molecule has 0 amide bonds. The van der Waals surface area contributed by atoms with E-state index in [0.717, 1.165) is 114 Å². The van der Waals surface area contributed by atoms with Gasteiger partial charge in [-0.25, -0.2) is 0 Å². The number of halogens is 1. The van der Waals surface area contributed by atoms with Gasteiger partial charge in [0.05, 0.1) is 12.5 Å². The summed E-state index contributed by atoms with van der Waals surface area (Å²) >= 11 is -0.196. The second-order valence-corrected chi connectivity index (χ2v) is 24.4. The zero-order chi connectivity index (χ0) is 50.4. The van der Waals surface area contributed by atoms with Gasteiger partial charge in [0.25, 0.3) is 0 Å². The van der Waals surface area contributed by atoms with Crippen molar-refractivity contribution in [2.24, 2.45) is 11.1 Å². The Bertz CT molecular complexity index is 1020. The molecule has 0 aliphatic carbocycles. The zero-order valence-corrected chi connectivity index (χ0v) is 49.4. The molecule has 0 spiro atoms. The molecular weight excluding hydrogens is 968 g/mol. The third kappa shape index (κ3) is 46.0. The smallest absolute Gasteiger partial charge is 0.465 e. The minimum absolute atomic E-state index is 0.0149. The monoisotopic (exact) mass is 1090 g/mol. The first kappa shape index (κ1) is 68.7. The second-order valence-electron chi connectivity index (χ2n) is 21.5. The molecule has 7 nitrogen and oxygen atoms in total. The number of hydrogen-bond donors (Lipinski definition) is 1. The van der Waals surface area contributed by atoms with Gasteiger partial charge in [-0.15, -0.1) is 0 Å². The van der Waals surface area contributed by atoms with Crippen LogP contribution < -0.4 is 21.6 Å². The summed E-state index contributed by atoms with van der Waals surface area (Å²) in [6.45, 7) is 14.6. The first-order valence-electron chi connectivity index (χ1n) is 31.1. The van der Waals surface area contributed by atoms with Gasteiger partial charge in [0.2, 0.25) is 0 Å². The van der Waals surface area contributed by atoms with Gasteiger partial charge in [-0.3, -0.25) is 4.79 Å². The average Bonchev–Trinajstić information content (AvgIpc) is 3.36. The van der Waals surface area contributed by atoms with E-state index in [2.05, 4.69) is 44.7 Å². The maximum absolute atomic E-state index is 13.2. The Balaban J connectivity index is 5.07. The third-order valence-electron chi connectivity index (χ3n) is 14.9. The number of nitrogens with zero attached hydrogens (tertiary/aromatic N) is 2. The molecule has 0 aromatic rings. The molecule has 414 valence electrons. The van der Waals surface area contributed by atoms with E-state index in [1.54, 1.807) is 0 Å². The van der Waals surface area contributed by atoms with Crippen molar-refractivity contribution in [3.05, 3.63) is 4.91 Å². The molecule has 0 aliphatic heterocycles. The summed E-state index contributed by atoms with van der Waals surface area (Å²) in [4.78, 5) is 28.0. The summed E-state index contributed by atoms with van der Waals surface area (Å²) in [7, 11) is 0. The van der Waals surface area contributed by atoms with E-state index >= 15 is 0 Å². The van der Waals surface area contributed by atoms with Crippen LogP contribution in [0.4, 0.5) is 0 Å². The Labute approximate surface area is 442 Å². The molecule has 0 rings (SSSR count). The summed E-state index contributed by atoms with van der Waals surface area (Å²) in [5.74, 6) is 0.0916. The van der Waals surface area contributed by atoms with E-state index < -0.39 is 0 Å². The molecule has 4 atom stereocenters. The van der Waals surface area contributed by atoms with Gasteiger partial charge < -0.3 is 4.74 Å². The molecule has 1 N–H and O–H groups in total. The maximum atomic E-state index is 13.2. The first-order valence-corrected chi connectivity index (χ1v) is 33.2. The Morgan fingerprint density at radius 1 is 0.435 bits per heavy atom. The van der Waals surface area contributed by atoms with Gasteiger partial charge in [0.15, 0.2) is 0 Å². The minimum atomic E-state index is -0.364. The van der Waals surface area contributed by atoms with Crippen molar-refractivity contribution in [2.45, 2.75) is 346 Å². The SMILES string of the molecule is CCCCCCCCCCCCCCCC(N=O)C(CO)N(CCCCCCO[I-]C(CCCCCC)CCCCCCCC)CCCCCCOC(=O)C(CCCCCC)CCCCCCCC. The van der Waals surface area contributed by atoms with Crippen LogP contribution in [0, 0.1) is 10.8 Å². The molecule has 0 bridgehead atoms. The molecule has 0 fully saturated rings. The number of alkyl halides is 1. The number of unbranched alkanes of at least 4 members (excludes halogenated alkanes) is 34. The van der Waals surface area contributed by atoms with Crippen molar-refractivity contribution >= 4 is 5.97 Å². The molecular formula is C61H122IN2O5-. The van der Waals surface area contributed by atoms with Crippen molar-refractivity contribution in [2.75, 3.05) is 32.9 Å². The van der Waals surface area contributed by atoms with E-state index in [1.807, 2.05) is 0 Å². The molecule has 0 saturated heterocycles. The number of nitroso groups, excluding NO2 is 1. The van der Waals surface area contributed by atoms with Crippen molar-refractivity contribution < 1.29 is 39.3 Å². The average molecular weight is 1090 g/mol. The van der Waals surface area contributed by atoms with Gasteiger partial charge >= 0.3 is 242 Å². The number of ether oxygens (including phenoxy) is 1. The quantitative estimate of drug-likeness (QED) is 0.0215. The van der Waals surface area contributed by atoms with E-state index in [1.165, 1.54) is 205 Å². The molecule has 4 unspecified atom stereocenters. The molecule has 0 aliphatic rings. The van der Waals surface area contributed by atoms with Gasteiger partial charge in [0.1, 0.15) is 0 Å². The van der Waals surface area contributed by atoms with Gasteiger partial charge in [-0.1, -0.05) is 162 Å². The number of aliphatic hydroxyl groups excluding tert-OH is 1. The molecule has 0 saturated carbocycles. The topological polar surface area (TPSA) is 88.4 Å². The Kier molecular flexibility index (Phi) is 56.7. The number of rotatable bonds is 59. The van der Waals surface area contributed by atoms with E-state index in [-0.39, 0.29) is 52.2 Å². The van der Waals surface area contributed by atoms with Crippen LogP contribution in [0.2, 0.25) is 0 Å². The number of esters is 1.